The van der Waals surface area contributed by atoms with Crippen molar-refractivity contribution in [2.45, 2.75) is 13.0 Å². The number of benzene rings is 2. The van der Waals surface area contributed by atoms with E-state index in [0.717, 1.165) is 11.1 Å². The molecule has 0 bridgehead atoms. The van der Waals surface area contributed by atoms with Crippen LogP contribution in [0.25, 0.3) is 0 Å². The summed E-state index contributed by atoms with van der Waals surface area (Å²) in [5.41, 5.74) is 3.27. The van der Waals surface area contributed by atoms with Crippen LogP contribution >= 0.6 is 12.9 Å². The highest BCUT2D eigenvalue weighted by atomic mass is 32.1. The van der Waals surface area contributed by atoms with Crippen LogP contribution in [0.5, 0.6) is 0 Å². The minimum Gasteiger partial charge on any atom is -0.212 e. The molecule has 17 heavy (non-hydrogen) atoms. The summed E-state index contributed by atoms with van der Waals surface area (Å²) in [4.78, 5) is 5.23. The predicted molar refractivity (Wildman–Crippen MR) is 70.6 cm³/mol. The summed E-state index contributed by atoms with van der Waals surface area (Å²) in [5, 5.41) is 0. The fourth-order valence-electron chi connectivity index (χ4n) is 1.81. The van der Waals surface area contributed by atoms with Gasteiger partial charge in [-0.25, -0.2) is 4.89 Å². The smallest absolute Gasteiger partial charge is 0.144 e. The predicted octanol–water partition coefficient (Wildman–Crippen LogP) is 3.88. The SMILES string of the molecule is Cc1cccc(C(OOS)c2ccccc2)c1. The molecule has 0 heterocycles. The Morgan fingerprint density at radius 1 is 0.941 bits per heavy atom. The van der Waals surface area contributed by atoms with Crippen LogP contribution in [-0.4, -0.2) is 0 Å². The number of hydrogen-bond donors (Lipinski definition) is 1. The van der Waals surface area contributed by atoms with E-state index in [0.29, 0.717) is 0 Å². The van der Waals surface area contributed by atoms with Gasteiger partial charge in [-0.05, 0) is 18.1 Å². The van der Waals surface area contributed by atoms with Gasteiger partial charge in [0.15, 0.2) is 0 Å². The Kier molecular flexibility index (Phi) is 4.20. The Labute approximate surface area is 107 Å². The molecule has 2 aromatic rings. The molecule has 3 heteroatoms. The lowest BCUT2D eigenvalue weighted by Crippen LogP contribution is -2.04. The average Bonchev–Trinajstić information content (AvgIpc) is 2.37. The van der Waals surface area contributed by atoms with Crippen LogP contribution in [0.3, 0.4) is 0 Å². The molecule has 0 aliphatic rings. The second kappa shape index (κ2) is 5.87. The molecule has 0 aliphatic carbocycles. The van der Waals surface area contributed by atoms with Crippen LogP contribution in [-0.2, 0) is 9.22 Å². The highest BCUT2D eigenvalue weighted by Crippen LogP contribution is 2.26. The van der Waals surface area contributed by atoms with Crippen molar-refractivity contribution in [3.63, 3.8) is 0 Å². The standard InChI is InChI=1S/C14H14O2S/c1-11-6-5-9-13(10-11)14(15-16-17)12-7-3-2-4-8-12/h2-10,14,17H,1H3. The van der Waals surface area contributed by atoms with Gasteiger partial charge in [-0.1, -0.05) is 60.2 Å². The van der Waals surface area contributed by atoms with E-state index >= 15 is 0 Å². The van der Waals surface area contributed by atoms with E-state index in [1.165, 1.54) is 5.56 Å². The van der Waals surface area contributed by atoms with Crippen molar-refractivity contribution in [1.29, 1.82) is 0 Å². The molecule has 0 saturated heterocycles. The Hall–Kier alpha value is -1.29. The van der Waals surface area contributed by atoms with E-state index in [9.17, 15) is 0 Å². The summed E-state index contributed by atoms with van der Waals surface area (Å²) < 4.78 is 4.55. The maximum absolute atomic E-state index is 5.23. The first-order chi connectivity index (χ1) is 8.31. The van der Waals surface area contributed by atoms with E-state index in [1.807, 2.05) is 55.5 Å². The third-order valence-electron chi connectivity index (χ3n) is 2.59. The summed E-state index contributed by atoms with van der Waals surface area (Å²) in [6.07, 6.45) is -0.256. The van der Waals surface area contributed by atoms with Crippen molar-refractivity contribution in [1.82, 2.24) is 0 Å². The lowest BCUT2D eigenvalue weighted by Gasteiger charge is -2.16. The van der Waals surface area contributed by atoms with Gasteiger partial charge < -0.3 is 0 Å². The van der Waals surface area contributed by atoms with E-state index < -0.39 is 0 Å². The maximum Gasteiger partial charge on any atom is 0.144 e. The number of aryl methyl sites for hydroxylation is 1. The molecule has 0 saturated carbocycles. The van der Waals surface area contributed by atoms with Crippen molar-refractivity contribution < 1.29 is 9.22 Å². The molecule has 0 aliphatic heterocycles. The summed E-state index contributed by atoms with van der Waals surface area (Å²) in [6, 6.07) is 18.1. The zero-order chi connectivity index (χ0) is 12.1. The van der Waals surface area contributed by atoms with E-state index in [4.69, 9.17) is 4.89 Å². The van der Waals surface area contributed by atoms with Gasteiger partial charge in [-0.15, -0.1) is 0 Å². The monoisotopic (exact) mass is 246 g/mol. The molecule has 1 unspecified atom stereocenters. The molecule has 0 fully saturated rings. The van der Waals surface area contributed by atoms with Gasteiger partial charge in [-0.3, -0.25) is 0 Å². The fourth-order valence-corrected chi connectivity index (χ4v) is 1.89. The van der Waals surface area contributed by atoms with Crippen molar-refractivity contribution >= 4 is 12.9 Å². The largest absolute Gasteiger partial charge is 0.212 e. The molecule has 2 nitrogen and oxygen atoms in total. The van der Waals surface area contributed by atoms with Crippen molar-refractivity contribution in [2.75, 3.05) is 0 Å². The molecule has 0 N–H and O–H groups in total. The zero-order valence-electron chi connectivity index (χ0n) is 9.54. The summed E-state index contributed by atoms with van der Waals surface area (Å²) in [5.74, 6) is 0. The lowest BCUT2D eigenvalue weighted by atomic mass is 10.0. The van der Waals surface area contributed by atoms with Crippen LogP contribution < -0.4 is 0 Å². The quantitative estimate of drug-likeness (QED) is 0.382. The molecule has 1 atom stereocenters. The van der Waals surface area contributed by atoms with Crippen LogP contribution in [0.2, 0.25) is 0 Å². The first-order valence-corrected chi connectivity index (χ1v) is 5.76. The topological polar surface area (TPSA) is 18.5 Å². The highest BCUT2D eigenvalue weighted by molar-refractivity contribution is 7.74. The Bertz CT molecular complexity index is 471. The minimum absolute atomic E-state index is 0.256. The Morgan fingerprint density at radius 2 is 1.65 bits per heavy atom. The maximum atomic E-state index is 5.23. The zero-order valence-corrected chi connectivity index (χ0v) is 10.4. The third-order valence-corrected chi connectivity index (χ3v) is 2.67. The van der Waals surface area contributed by atoms with Crippen LogP contribution in [0.1, 0.15) is 22.8 Å². The Morgan fingerprint density at radius 3 is 2.29 bits per heavy atom. The second-order valence-corrected chi connectivity index (χ2v) is 4.02. The minimum atomic E-state index is -0.256. The molecule has 0 radical (unpaired) electrons. The molecule has 2 aromatic carbocycles. The molecular weight excluding hydrogens is 232 g/mol. The normalized spacial score (nSPS) is 12.4. The highest BCUT2D eigenvalue weighted by Gasteiger charge is 2.15. The molecule has 0 spiro atoms. The van der Waals surface area contributed by atoms with Gasteiger partial charge in [0.2, 0.25) is 0 Å². The van der Waals surface area contributed by atoms with Crippen molar-refractivity contribution in [3.05, 3.63) is 71.3 Å². The molecular formula is C14H14O2S. The van der Waals surface area contributed by atoms with E-state index in [-0.39, 0.29) is 6.10 Å². The number of hydrogen-bond acceptors (Lipinski definition) is 3. The summed E-state index contributed by atoms with van der Waals surface area (Å²) in [7, 11) is 0. The molecule has 2 rings (SSSR count). The number of rotatable bonds is 4. The fraction of sp³-hybridized carbons (Fsp3) is 0.143. The van der Waals surface area contributed by atoms with Crippen molar-refractivity contribution in [3.8, 4) is 0 Å². The first kappa shape index (κ1) is 12.2. The third kappa shape index (κ3) is 3.09. The average molecular weight is 246 g/mol. The van der Waals surface area contributed by atoms with Crippen LogP contribution in [0.15, 0.2) is 54.6 Å². The van der Waals surface area contributed by atoms with E-state index in [1.54, 1.807) is 0 Å². The van der Waals surface area contributed by atoms with Gasteiger partial charge in [0, 0.05) is 12.9 Å². The first-order valence-electron chi connectivity index (χ1n) is 5.39. The van der Waals surface area contributed by atoms with Crippen LogP contribution in [0.4, 0.5) is 0 Å². The molecule has 0 amide bonds. The van der Waals surface area contributed by atoms with Crippen molar-refractivity contribution in [2.24, 2.45) is 0 Å². The molecule has 88 valence electrons. The summed E-state index contributed by atoms with van der Waals surface area (Å²) >= 11 is 3.66. The van der Waals surface area contributed by atoms with Gasteiger partial charge in [0.25, 0.3) is 0 Å². The van der Waals surface area contributed by atoms with Gasteiger partial charge in [0.1, 0.15) is 6.10 Å². The number of thiol groups is 1. The molecule has 0 aromatic heterocycles. The van der Waals surface area contributed by atoms with Crippen LogP contribution in [0, 0.1) is 6.92 Å². The van der Waals surface area contributed by atoms with Gasteiger partial charge in [-0.2, -0.15) is 4.33 Å². The summed E-state index contributed by atoms with van der Waals surface area (Å²) in [6.45, 7) is 2.05. The second-order valence-electron chi connectivity index (χ2n) is 3.88. The Balaban J connectivity index is 2.35. The van der Waals surface area contributed by atoms with Gasteiger partial charge in [0.05, 0.1) is 0 Å². The lowest BCUT2D eigenvalue weighted by molar-refractivity contribution is -0.219. The van der Waals surface area contributed by atoms with Gasteiger partial charge >= 0.3 is 0 Å². The van der Waals surface area contributed by atoms with E-state index in [2.05, 4.69) is 23.3 Å².